The fraction of sp³-hybridized carbons (Fsp3) is 0.182. The highest BCUT2D eigenvalue weighted by atomic mass is 16.5. The molecule has 0 saturated heterocycles. The van der Waals surface area contributed by atoms with Gasteiger partial charge in [0.1, 0.15) is 5.52 Å². The molecular formula is C11H10N4O3. The Hall–Kier alpha value is -2.57. The molecule has 92 valence electrons. The average molecular weight is 246 g/mol. The standard InChI is InChI=1S/C11H10N4O3/c16-11-13-10(14-18-11)4-2-7-1-3-9-8(5-7)6-12-15(9)17/h1,3,5-6,17H,2,4H2,(H,13,14,16). The van der Waals surface area contributed by atoms with Crippen LogP contribution < -0.4 is 5.76 Å². The molecule has 2 heterocycles. The van der Waals surface area contributed by atoms with Crippen LogP contribution in [0.4, 0.5) is 0 Å². The van der Waals surface area contributed by atoms with E-state index in [-0.39, 0.29) is 0 Å². The zero-order chi connectivity index (χ0) is 12.5. The lowest BCUT2D eigenvalue weighted by molar-refractivity contribution is 0.161. The fourth-order valence-corrected chi connectivity index (χ4v) is 1.86. The summed E-state index contributed by atoms with van der Waals surface area (Å²) in [6.07, 6.45) is 2.90. The van der Waals surface area contributed by atoms with Crippen LogP contribution in [0.15, 0.2) is 33.7 Å². The van der Waals surface area contributed by atoms with E-state index >= 15 is 0 Å². The first-order valence-corrected chi connectivity index (χ1v) is 5.43. The molecule has 0 saturated carbocycles. The summed E-state index contributed by atoms with van der Waals surface area (Å²) in [6, 6.07) is 5.63. The minimum absolute atomic E-state index is 0.526. The summed E-state index contributed by atoms with van der Waals surface area (Å²) in [6.45, 7) is 0. The first-order chi connectivity index (χ1) is 8.72. The Kier molecular flexibility index (Phi) is 2.36. The van der Waals surface area contributed by atoms with E-state index in [0.29, 0.717) is 17.8 Å². The molecule has 0 aliphatic heterocycles. The van der Waals surface area contributed by atoms with Crippen LogP contribution in [0.2, 0.25) is 0 Å². The predicted octanol–water partition coefficient (Wildman–Crippen LogP) is 0.735. The largest absolute Gasteiger partial charge is 0.438 e. The third-order valence-electron chi connectivity index (χ3n) is 2.75. The SMILES string of the molecule is O=c1[nH]c(CCc2ccc3c(cnn3O)c2)no1. The quantitative estimate of drug-likeness (QED) is 0.664. The van der Waals surface area contributed by atoms with E-state index in [1.165, 1.54) is 0 Å². The average Bonchev–Trinajstić information content (AvgIpc) is 2.94. The molecule has 0 aliphatic rings. The van der Waals surface area contributed by atoms with Crippen molar-refractivity contribution in [1.82, 2.24) is 20.1 Å². The van der Waals surface area contributed by atoms with E-state index in [1.807, 2.05) is 12.1 Å². The summed E-state index contributed by atoms with van der Waals surface area (Å²) >= 11 is 0. The van der Waals surface area contributed by atoms with Gasteiger partial charge in [0.15, 0.2) is 5.82 Å². The minimum Gasteiger partial charge on any atom is -0.411 e. The van der Waals surface area contributed by atoms with Gasteiger partial charge in [0.25, 0.3) is 0 Å². The monoisotopic (exact) mass is 246 g/mol. The predicted molar refractivity (Wildman–Crippen MR) is 61.4 cm³/mol. The molecule has 2 N–H and O–H groups in total. The summed E-state index contributed by atoms with van der Waals surface area (Å²) in [5, 5.41) is 17.6. The van der Waals surface area contributed by atoms with Crippen LogP contribution in [0, 0.1) is 0 Å². The van der Waals surface area contributed by atoms with Crippen LogP contribution >= 0.6 is 0 Å². The van der Waals surface area contributed by atoms with Gasteiger partial charge in [0.05, 0.1) is 6.20 Å². The molecule has 3 aromatic rings. The maximum absolute atomic E-state index is 10.8. The van der Waals surface area contributed by atoms with Crippen LogP contribution in [-0.2, 0) is 12.8 Å². The first kappa shape index (κ1) is 10.6. The van der Waals surface area contributed by atoms with Crippen LogP contribution in [0.25, 0.3) is 10.9 Å². The summed E-state index contributed by atoms with van der Waals surface area (Å²) in [4.78, 5) is 14.1. The van der Waals surface area contributed by atoms with E-state index in [9.17, 15) is 10.0 Å². The molecule has 2 aromatic heterocycles. The number of hydrogen-bond donors (Lipinski definition) is 2. The van der Waals surface area contributed by atoms with Crippen molar-refractivity contribution in [2.24, 2.45) is 0 Å². The molecule has 0 aliphatic carbocycles. The van der Waals surface area contributed by atoms with Gasteiger partial charge in [0, 0.05) is 11.8 Å². The van der Waals surface area contributed by atoms with Gasteiger partial charge in [-0.3, -0.25) is 9.51 Å². The van der Waals surface area contributed by atoms with Crippen LogP contribution in [0.5, 0.6) is 0 Å². The Balaban J connectivity index is 1.80. The van der Waals surface area contributed by atoms with Crippen molar-refractivity contribution in [2.75, 3.05) is 0 Å². The molecule has 0 spiro atoms. The van der Waals surface area contributed by atoms with Crippen molar-refractivity contribution in [3.05, 3.63) is 46.3 Å². The lowest BCUT2D eigenvalue weighted by atomic mass is 10.1. The maximum atomic E-state index is 10.8. The number of aromatic amines is 1. The zero-order valence-electron chi connectivity index (χ0n) is 9.33. The van der Waals surface area contributed by atoms with Gasteiger partial charge in [-0.05, 0) is 24.1 Å². The van der Waals surface area contributed by atoms with E-state index < -0.39 is 5.76 Å². The second-order valence-electron chi connectivity index (χ2n) is 3.97. The van der Waals surface area contributed by atoms with Crippen molar-refractivity contribution in [3.8, 4) is 0 Å². The van der Waals surface area contributed by atoms with Crippen molar-refractivity contribution in [2.45, 2.75) is 12.8 Å². The van der Waals surface area contributed by atoms with Gasteiger partial charge in [-0.25, -0.2) is 4.79 Å². The highest BCUT2D eigenvalue weighted by Gasteiger charge is 2.04. The van der Waals surface area contributed by atoms with Gasteiger partial charge >= 0.3 is 5.76 Å². The summed E-state index contributed by atoms with van der Waals surface area (Å²) < 4.78 is 4.42. The Labute approximate surface area is 101 Å². The summed E-state index contributed by atoms with van der Waals surface area (Å²) in [5.41, 5.74) is 1.73. The molecule has 0 atom stereocenters. The van der Waals surface area contributed by atoms with Gasteiger partial charge < -0.3 is 5.21 Å². The van der Waals surface area contributed by atoms with Gasteiger partial charge in [-0.1, -0.05) is 11.2 Å². The summed E-state index contributed by atoms with van der Waals surface area (Å²) in [7, 11) is 0. The van der Waals surface area contributed by atoms with Gasteiger partial charge in [-0.15, -0.1) is 9.94 Å². The second kappa shape index (κ2) is 4.02. The van der Waals surface area contributed by atoms with E-state index in [1.54, 1.807) is 12.3 Å². The lowest BCUT2D eigenvalue weighted by Crippen LogP contribution is -1.99. The molecule has 0 fully saturated rings. The molecule has 3 rings (SSSR count). The number of benzene rings is 1. The molecule has 18 heavy (non-hydrogen) atoms. The number of aromatic nitrogens is 4. The minimum atomic E-state index is -0.540. The molecule has 0 unspecified atom stereocenters. The second-order valence-corrected chi connectivity index (χ2v) is 3.97. The Morgan fingerprint density at radius 2 is 2.28 bits per heavy atom. The zero-order valence-corrected chi connectivity index (χ0v) is 9.33. The Bertz CT molecular complexity index is 740. The maximum Gasteiger partial charge on any atom is 0.438 e. The van der Waals surface area contributed by atoms with Crippen LogP contribution in [-0.4, -0.2) is 25.3 Å². The van der Waals surface area contributed by atoms with Crippen molar-refractivity contribution < 1.29 is 9.73 Å². The molecule has 0 amide bonds. The summed E-state index contributed by atoms with van der Waals surface area (Å²) in [5.74, 6) is -0.0139. The van der Waals surface area contributed by atoms with Gasteiger partial charge in [0.2, 0.25) is 0 Å². The number of aryl methyl sites for hydroxylation is 2. The molecule has 0 radical (unpaired) electrons. The number of nitrogens with one attached hydrogen (secondary N) is 1. The lowest BCUT2D eigenvalue weighted by Gasteiger charge is -1.99. The third kappa shape index (κ3) is 1.86. The van der Waals surface area contributed by atoms with E-state index in [2.05, 4.69) is 19.8 Å². The number of fused-ring (bicyclic) bond motifs is 1. The van der Waals surface area contributed by atoms with Crippen LogP contribution in [0.1, 0.15) is 11.4 Å². The number of hydrogen-bond acceptors (Lipinski definition) is 5. The highest BCUT2D eigenvalue weighted by Crippen LogP contribution is 2.15. The molecule has 7 heteroatoms. The normalized spacial score (nSPS) is 11.1. The van der Waals surface area contributed by atoms with Crippen molar-refractivity contribution in [1.29, 1.82) is 0 Å². The van der Waals surface area contributed by atoms with Gasteiger partial charge in [-0.2, -0.15) is 0 Å². The molecule has 1 aromatic carbocycles. The number of rotatable bonds is 3. The van der Waals surface area contributed by atoms with E-state index in [4.69, 9.17) is 0 Å². The molecular weight excluding hydrogens is 236 g/mol. The van der Waals surface area contributed by atoms with Crippen molar-refractivity contribution >= 4 is 10.9 Å². The highest BCUT2D eigenvalue weighted by molar-refractivity contribution is 5.78. The Morgan fingerprint density at radius 1 is 1.39 bits per heavy atom. The molecule has 7 nitrogen and oxygen atoms in total. The number of nitrogens with zero attached hydrogens (tertiary/aromatic N) is 3. The molecule has 0 bridgehead atoms. The Morgan fingerprint density at radius 3 is 3.06 bits per heavy atom. The van der Waals surface area contributed by atoms with E-state index in [0.717, 1.165) is 22.2 Å². The van der Waals surface area contributed by atoms with Crippen LogP contribution in [0.3, 0.4) is 0 Å². The topological polar surface area (TPSA) is 96.9 Å². The number of H-pyrrole nitrogens is 1. The van der Waals surface area contributed by atoms with Crippen molar-refractivity contribution in [3.63, 3.8) is 0 Å². The fourth-order valence-electron chi connectivity index (χ4n) is 1.86. The third-order valence-corrected chi connectivity index (χ3v) is 2.75. The first-order valence-electron chi connectivity index (χ1n) is 5.43. The smallest absolute Gasteiger partial charge is 0.411 e.